The first-order valence-corrected chi connectivity index (χ1v) is 5.14. The van der Waals surface area contributed by atoms with Crippen LogP contribution in [0, 0.1) is 5.92 Å². The van der Waals surface area contributed by atoms with E-state index >= 15 is 0 Å². The van der Waals surface area contributed by atoms with Crippen molar-refractivity contribution in [3.05, 3.63) is 18.2 Å². The van der Waals surface area contributed by atoms with Gasteiger partial charge in [0.05, 0.1) is 13.0 Å². The molecule has 1 aliphatic rings. The number of hydrogen-bond donors (Lipinski definition) is 1. The quantitative estimate of drug-likeness (QED) is 0.798. The van der Waals surface area contributed by atoms with Crippen LogP contribution in [0.3, 0.4) is 0 Å². The van der Waals surface area contributed by atoms with E-state index in [0.717, 1.165) is 38.2 Å². The number of alkyl halides is 1. The van der Waals surface area contributed by atoms with E-state index in [-0.39, 0.29) is 6.67 Å². The summed E-state index contributed by atoms with van der Waals surface area (Å²) in [7, 11) is 0. The van der Waals surface area contributed by atoms with Crippen LogP contribution in [-0.4, -0.2) is 34.6 Å². The Morgan fingerprint density at radius 1 is 1.50 bits per heavy atom. The molecule has 0 aromatic carbocycles. The lowest BCUT2D eigenvalue weighted by Crippen LogP contribution is -2.33. The van der Waals surface area contributed by atoms with Crippen LogP contribution in [0.15, 0.2) is 12.5 Å². The maximum absolute atomic E-state index is 12.3. The number of imidazole rings is 1. The van der Waals surface area contributed by atoms with Gasteiger partial charge in [0.1, 0.15) is 0 Å². The fourth-order valence-corrected chi connectivity index (χ4v) is 1.91. The third-order valence-electron chi connectivity index (χ3n) is 2.87. The Hall–Kier alpha value is -0.900. The third-order valence-corrected chi connectivity index (χ3v) is 2.87. The van der Waals surface area contributed by atoms with Crippen molar-refractivity contribution in [1.82, 2.24) is 14.9 Å². The number of nitrogens with zero attached hydrogens (tertiary/aromatic N) is 2. The number of likely N-dealkylation sites (tertiary alicyclic amines) is 1. The molecule has 0 saturated carbocycles. The normalized spacial score (nSPS) is 20.1. The van der Waals surface area contributed by atoms with Gasteiger partial charge in [-0.05, 0) is 31.8 Å². The average Bonchev–Trinajstić information content (AvgIpc) is 2.72. The van der Waals surface area contributed by atoms with Crippen LogP contribution in [0.4, 0.5) is 4.39 Å². The van der Waals surface area contributed by atoms with Crippen LogP contribution in [0.25, 0.3) is 0 Å². The van der Waals surface area contributed by atoms with Crippen LogP contribution in [0.2, 0.25) is 0 Å². The van der Waals surface area contributed by atoms with Crippen LogP contribution in [0.1, 0.15) is 18.5 Å². The van der Waals surface area contributed by atoms with Gasteiger partial charge in [-0.2, -0.15) is 0 Å². The molecule has 0 atom stereocenters. The molecule has 0 amide bonds. The van der Waals surface area contributed by atoms with Crippen LogP contribution >= 0.6 is 0 Å². The minimum absolute atomic E-state index is 0.155. The second kappa shape index (κ2) is 4.55. The zero-order chi connectivity index (χ0) is 9.80. The molecule has 14 heavy (non-hydrogen) atoms. The highest BCUT2D eigenvalue weighted by atomic mass is 19.1. The standard InChI is InChI=1S/C10H16FN3/c11-5-9-1-3-14(4-2-9)7-10-6-12-8-13-10/h6,8-9H,1-5,7H2,(H,12,13). The summed E-state index contributed by atoms with van der Waals surface area (Å²) in [4.78, 5) is 9.41. The number of rotatable bonds is 3. The molecule has 3 nitrogen and oxygen atoms in total. The van der Waals surface area contributed by atoms with Gasteiger partial charge >= 0.3 is 0 Å². The van der Waals surface area contributed by atoms with Gasteiger partial charge in [-0.25, -0.2) is 4.98 Å². The Morgan fingerprint density at radius 3 is 2.86 bits per heavy atom. The van der Waals surface area contributed by atoms with Crippen molar-refractivity contribution < 1.29 is 4.39 Å². The maximum Gasteiger partial charge on any atom is 0.0923 e. The lowest BCUT2D eigenvalue weighted by molar-refractivity contribution is 0.158. The lowest BCUT2D eigenvalue weighted by Gasteiger charge is -2.30. The van der Waals surface area contributed by atoms with E-state index in [2.05, 4.69) is 14.9 Å². The number of hydrogen-bond acceptors (Lipinski definition) is 2. The Morgan fingerprint density at radius 2 is 2.29 bits per heavy atom. The molecular weight excluding hydrogens is 181 g/mol. The molecule has 1 N–H and O–H groups in total. The molecule has 0 aliphatic carbocycles. The van der Waals surface area contributed by atoms with Gasteiger partial charge in [-0.1, -0.05) is 0 Å². The number of piperidine rings is 1. The second-order valence-corrected chi connectivity index (χ2v) is 3.95. The van der Waals surface area contributed by atoms with Crippen molar-refractivity contribution in [2.24, 2.45) is 5.92 Å². The SMILES string of the molecule is FCC1CCN(Cc2cnc[nH]2)CC1. The van der Waals surface area contributed by atoms with Gasteiger partial charge in [0.2, 0.25) is 0 Å². The zero-order valence-electron chi connectivity index (χ0n) is 8.25. The molecule has 0 spiro atoms. The monoisotopic (exact) mass is 197 g/mol. The van der Waals surface area contributed by atoms with E-state index in [1.54, 1.807) is 6.33 Å². The Bertz CT molecular complexity index is 252. The first kappa shape index (κ1) is 9.65. The first-order valence-electron chi connectivity index (χ1n) is 5.14. The summed E-state index contributed by atoms with van der Waals surface area (Å²) in [6.07, 6.45) is 5.53. The largest absolute Gasteiger partial charge is 0.347 e. The number of aromatic nitrogens is 2. The minimum atomic E-state index is -0.155. The van der Waals surface area contributed by atoms with Crippen molar-refractivity contribution >= 4 is 0 Å². The Kier molecular flexibility index (Phi) is 3.14. The Labute approximate surface area is 83.3 Å². The highest BCUT2D eigenvalue weighted by Gasteiger charge is 2.18. The van der Waals surface area contributed by atoms with Crippen molar-refractivity contribution in [1.29, 1.82) is 0 Å². The van der Waals surface area contributed by atoms with Gasteiger partial charge in [0.15, 0.2) is 0 Å². The van der Waals surface area contributed by atoms with Crippen molar-refractivity contribution in [3.8, 4) is 0 Å². The van der Waals surface area contributed by atoms with Crippen LogP contribution in [0.5, 0.6) is 0 Å². The fraction of sp³-hybridized carbons (Fsp3) is 0.700. The van der Waals surface area contributed by atoms with E-state index in [9.17, 15) is 4.39 Å². The van der Waals surface area contributed by atoms with Gasteiger partial charge in [0, 0.05) is 18.4 Å². The van der Waals surface area contributed by atoms with E-state index in [1.165, 1.54) is 0 Å². The molecule has 1 aliphatic heterocycles. The summed E-state index contributed by atoms with van der Waals surface area (Å²) in [6.45, 7) is 2.78. The lowest BCUT2D eigenvalue weighted by atomic mass is 9.98. The predicted octanol–water partition coefficient (Wildman–Crippen LogP) is 1.59. The van der Waals surface area contributed by atoms with Crippen molar-refractivity contribution in [3.63, 3.8) is 0 Å². The summed E-state index contributed by atoms with van der Waals surface area (Å²) in [5.41, 5.74) is 1.14. The van der Waals surface area contributed by atoms with Gasteiger partial charge in [-0.3, -0.25) is 9.29 Å². The van der Waals surface area contributed by atoms with Gasteiger partial charge in [-0.15, -0.1) is 0 Å². The molecule has 78 valence electrons. The molecule has 1 saturated heterocycles. The van der Waals surface area contributed by atoms with Crippen molar-refractivity contribution in [2.75, 3.05) is 19.8 Å². The third kappa shape index (κ3) is 2.32. The highest BCUT2D eigenvalue weighted by Crippen LogP contribution is 2.18. The molecule has 1 aromatic rings. The predicted molar refractivity (Wildman–Crippen MR) is 52.6 cm³/mol. The first-order chi connectivity index (χ1) is 6.88. The smallest absolute Gasteiger partial charge is 0.0923 e. The van der Waals surface area contributed by atoms with Crippen LogP contribution in [-0.2, 0) is 6.54 Å². The molecular formula is C10H16FN3. The van der Waals surface area contributed by atoms with Gasteiger partial charge < -0.3 is 4.98 Å². The number of halogens is 1. The summed E-state index contributed by atoms with van der Waals surface area (Å²) < 4.78 is 12.3. The average molecular weight is 197 g/mol. The van der Waals surface area contributed by atoms with Crippen LogP contribution < -0.4 is 0 Å². The van der Waals surface area contributed by atoms with E-state index in [0.29, 0.717) is 5.92 Å². The summed E-state index contributed by atoms with van der Waals surface area (Å²) in [5.74, 6) is 0.299. The molecule has 2 heterocycles. The molecule has 1 fully saturated rings. The highest BCUT2D eigenvalue weighted by molar-refractivity contribution is 4.94. The fourth-order valence-electron chi connectivity index (χ4n) is 1.91. The molecule has 0 unspecified atom stereocenters. The van der Waals surface area contributed by atoms with Gasteiger partial charge in [0.25, 0.3) is 0 Å². The Balaban J connectivity index is 1.79. The van der Waals surface area contributed by atoms with Crippen molar-refractivity contribution in [2.45, 2.75) is 19.4 Å². The maximum atomic E-state index is 12.3. The number of H-pyrrole nitrogens is 1. The number of aromatic amines is 1. The molecule has 0 radical (unpaired) electrons. The molecule has 1 aromatic heterocycles. The second-order valence-electron chi connectivity index (χ2n) is 3.95. The van der Waals surface area contributed by atoms with E-state index < -0.39 is 0 Å². The van der Waals surface area contributed by atoms with E-state index in [4.69, 9.17) is 0 Å². The molecule has 4 heteroatoms. The minimum Gasteiger partial charge on any atom is -0.347 e. The summed E-state index contributed by atoms with van der Waals surface area (Å²) in [6, 6.07) is 0. The summed E-state index contributed by atoms with van der Waals surface area (Å²) >= 11 is 0. The topological polar surface area (TPSA) is 31.9 Å². The molecule has 0 bridgehead atoms. The van der Waals surface area contributed by atoms with E-state index in [1.807, 2.05) is 6.20 Å². The summed E-state index contributed by atoms with van der Waals surface area (Å²) in [5, 5.41) is 0. The molecule has 2 rings (SSSR count). The zero-order valence-corrected chi connectivity index (χ0v) is 8.25. The number of nitrogens with one attached hydrogen (secondary N) is 1.